The molecule has 0 aliphatic carbocycles. The molecule has 0 unspecified atom stereocenters. The zero-order chi connectivity index (χ0) is 24.2. The van der Waals surface area contributed by atoms with E-state index in [-0.39, 0.29) is 4.90 Å². The molecule has 0 saturated carbocycles. The molecule has 1 aromatic heterocycles. The number of hydrogen-bond donors (Lipinski definition) is 0. The summed E-state index contributed by atoms with van der Waals surface area (Å²) < 4.78 is 32.1. The number of methoxy groups -OCH3 is 1. The number of hydrogen-bond acceptors (Lipinski definition) is 7. The SMILES string of the molecule is CCN(CC)CCN(C(=O)CS(=O)(=O)c1ccc(OC)cc1)c1nc2c(C)cc(C)cc2s1. The fraction of sp³-hybridized carbons (Fsp3) is 0.417. The molecule has 0 spiro atoms. The van der Waals surface area contributed by atoms with E-state index >= 15 is 0 Å². The fourth-order valence-electron chi connectivity index (χ4n) is 3.69. The summed E-state index contributed by atoms with van der Waals surface area (Å²) >= 11 is 1.42. The largest absolute Gasteiger partial charge is 0.497 e. The van der Waals surface area contributed by atoms with Gasteiger partial charge in [0.05, 0.1) is 22.2 Å². The number of amides is 1. The minimum absolute atomic E-state index is 0.0936. The fourth-order valence-corrected chi connectivity index (χ4v) is 6.07. The molecule has 0 aliphatic heterocycles. The summed E-state index contributed by atoms with van der Waals surface area (Å²) in [4.78, 5) is 21.9. The second kappa shape index (κ2) is 10.6. The van der Waals surface area contributed by atoms with Crippen molar-refractivity contribution in [3.05, 3.63) is 47.5 Å². The molecule has 9 heteroatoms. The number of carbonyl (C=O) groups excluding carboxylic acids is 1. The molecule has 0 radical (unpaired) electrons. The van der Waals surface area contributed by atoms with Gasteiger partial charge < -0.3 is 9.64 Å². The zero-order valence-corrected chi connectivity index (χ0v) is 21.4. The van der Waals surface area contributed by atoms with Crippen LogP contribution in [0.1, 0.15) is 25.0 Å². The van der Waals surface area contributed by atoms with Crippen molar-refractivity contribution in [3.63, 3.8) is 0 Å². The van der Waals surface area contributed by atoms with Gasteiger partial charge in [-0.25, -0.2) is 13.4 Å². The molecule has 7 nitrogen and oxygen atoms in total. The molecule has 33 heavy (non-hydrogen) atoms. The van der Waals surface area contributed by atoms with Crippen LogP contribution in [-0.2, 0) is 14.6 Å². The van der Waals surface area contributed by atoms with Gasteiger partial charge in [-0.15, -0.1) is 0 Å². The number of carbonyl (C=O) groups is 1. The highest BCUT2D eigenvalue weighted by molar-refractivity contribution is 7.92. The predicted octanol–water partition coefficient (Wildman–Crippen LogP) is 4.07. The summed E-state index contributed by atoms with van der Waals surface area (Å²) in [6.07, 6.45) is 0. The molecular weight excluding hydrogens is 458 g/mol. The Bertz CT molecular complexity index is 1220. The number of thiazole rings is 1. The molecule has 0 atom stereocenters. The van der Waals surface area contributed by atoms with E-state index in [0.29, 0.717) is 24.0 Å². The first-order valence-electron chi connectivity index (χ1n) is 11.0. The van der Waals surface area contributed by atoms with Crippen molar-refractivity contribution >= 4 is 42.4 Å². The number of benzene rings is 2. The Labute approximate surface area is 199 Å². The van der Waals surface area contributed by atoms with Crippen LogP contribution >= 0.6 is 11.3 Å². The first-order valence-corrected chi connectivity index (χ1v) is 13.4. The molecule has 3 rings (SSSR count). The molecule has 2 aromatic carbocycles. The number of aromatic nitrogens is 1. The van der Waals surface area contributed by atoms with Crippen LogP contribution in [-0.4, -0.2) is 63.3 Å². The lowest BCUT2D eigenvalue weighted by atomic mass is 10.1. The van der Waals surface area contributed by atoms with Crippen molar-refractivity contribution in [3.8, 4) is 5.75 Å². The van der Waals surface area contributed by atoms with Gasteiger partial charge in [0.15, 0.2) is 15.0 Å². The molecule has 0 saturated heterocycles. The normalized spacial score (nSPS) is 11.8. The second-order valence-corrected chi connectivity index (χ2v) is 10.9. The highest BCUT2D eigenvalue weighted by Crippen LogP contribution is 2.32. The maximum atomic E-state index is 13.3. The van der Waals surface area contributed by atoms with Crippen LogP contribution in [0.15, 0.2) is 41.3 Å². The monoisotopic (exact) mass is 489 g/mol. The lowest BCUT2D eigenvalue weighted by molar-refractivity contribution is -0.116. The molecule has 0 bridgehead atoms. The number of rotatable bonds is 10. The van der Waals surface area contributed by atoms with Gasteiger partial charge in [-0.05, 0) is 68.4 Å². The average molecular weight is 490 g/mol. The third kappa shape index (κ3) is 5.90. The number of fused-ring (bicyclic) bond motifs is 1. The number of anilines is 1. The van der Waals surface area contributed by atoms with Gasteiger partial charge in [-0.3, -0.25) is 9.69 Å². The highest BCUT2D eigenvalue weighted by Gasteiger charge is 2.27. The van der Waals surface area contributed by atoms with Gasteiger partial charge >= 0.3 is 0 Å². The topological polar surface area (TPSA) is 79.8 Å². The molecule has 1 amide bonds. The summed E-state index contributed by atoms with van der Waals surface area (Å²) in [6, 6.07) is 10.2. The van der Waals surface area contributed by atoms with Gasteiger partial charge in [-0.1, -0.05) is 31.3 Å². The van der Waals surface area contributed by atoms with E-state index in [1.165, 1.54) is 35.5 Å². The molecule has 0 N–H and O–H groups in total. The maximum Gasteiger partial charge on any atom is 0.244 e. The lowest BCUT2D eigenvalue weighted by Gasteiger charge is -2.24. The molecule has 178 valence electrons. The van der Waals surface area contributed by atoms with E-state index in [1.807, 2.05) is 19.9 Å². The van der Waals surface area contributed by atoms with E-state index in [1.54, 1.807) is 12.1 Å². The van der Waals surface area contributed by atoms with Gasteiger partial charge in [0, 0.05) is 13.1 Å². The number of ether oxygens (including phenoxy) is 1. The summed E-state index contributed by atoms with van der Waals surface area (Å²) in [6.45, 7) is 10.8. The van der Waals surface area contributed by atoms with E-state index < -0.39 is 21.5 Å². The minimum Gasteiger partial charge on any atom is -0.497 e. The lowest BCUT2D eigenvalue weighted by Crippen LogP contribution is -2.41. The van der Waals surface area contributed by atoms with Crippen LogP contribution in [0.3, 0.4) is 0 Å². The van der Waals surface area contributed by atoms with Crippen molar-refractivity contribution in [2.24, 2.45) is 0 Å². The maximum absolute atomic E-state index is 13.3. The van der Waals surface area contributed by atoms with Crippen LogP contribution < -0.4 is 9.64 Å². The van der Waals surface area contributed by atoms with Crippen molar-refractivity contribution in [2.45, 2.75) is 32.6 Å². The smallest absolute Gasteiger partial charge is 0.244 e. The summed E-state index contributed by atoms with van der Waals surface area (Å²) in [5.74, 6) is -0.543. The summed E-state index contributed by atoms with van der Waals surface area (Å²) in [5, 5.41) is 0.529. The first-order chi connectivity index (χ1) is 15.7. The summed E-state index contributed by atoms with van der Waals surface area (Å²) in [7, 11) is -2.30. The van der Waals surface area contributed by atoms with Gasteiger partial charge in [-0.2, -0.15) is 0 Å². The third-order valence-corrected chi connectivity index (χ3v) is 8.26. The number of sulfone groups is 1. The highest BCUT2D eigenvalue weighted by atomic mass is 32.2. The van der Waals surface area contributed by atoms with Gasteiger partial charge in [0.25, 0.3) is 0 Å². The van der Waals surface area contributed by atoms with Crippen molar-refractivity contribution in [1.29, 1.82) is 0 Å². The number of aryl methyl sites for hydroxylation is 2. The minimum atomic E-state index is -3.82. The Hall–Kier alpha value is -2.49. The van der Waals surface area contributed by atoms with Crippen molar-refractivity contribution in [1.82, 2.24) is 9.88 Å². The average Bonchev–Trinajstić information content (AvgIpc) is 3.20. The van der Waals surface area contributed by atoms with Crippen LogP contribution in [0, 0.1) is 13.8 Å². The third-order valence-electron chi connectivity index (χ3n) is 5.62. The van der Waals surface area contributed by atoms with Gasteiger partial charge in [0.1, 0.15) is 11.5 Å². The quantitative estimate of drug-likeness (QED) is 0.427. The molecule has 1 heterocycles. The Morgan fingerprint density at radius 1 is 1.06 bits per heavy atom. The Morgan fingerprint density at radius 3 is 2.33 bits per heavy atom. The Morgan fingerprint density at radius 2 is 1.73 bits per heavy atom. The Kier molecular flexibility index (Phi) is 8.10. The van der Waals surface area contributed by atoms with Crippen LogP contribution in [0.5, 0.6) is 5.75 Å². The molecule has 0 aliphatic rings. The molecule has 0 fully saturated rings. The van der Waals surface area contributed by atoms with Crippen LogP contribution in [0.2, 0.25) is 0 Å². The van der Waals surface area contributed by atoms with Crippen LogP contribution in [0.25, 0.3) is 10.2 Å². The molecule has 3 aromatic rings. The first kappa shape index (κ1) is 25.1. The summed E-state index contributed by atoms with van der Waals surface area (Å²) in [5.41, 5.74) is 3.01. The van der Waals surface area contributed by atoms with E-state index in [9.17, 15) is 13.2 Å². The number of nitrogens with zero attached hydrogens (tertiary/aromatic N) is 3. The van der Waals surface area contributed by atoms with Crippen molar-refractivity contribution in [2.75, 3.05) is 43.9 Å². The van der Waals surface area contributed by atoms with E-state index in [0.717, 1.165) is 34.4 Å². The van der Waals surface area contributed by atoms with Crippen LogP contribution in [0.4, 0.5) is 5.13 Å². The molecular formula is C24H31N3O4S2. The Balaban J connectivity index is 1.92. The second-order valence-electron chi connectivity index (χ2n) is 7.93. The van der Waals surface area contributed by atoms with Gasteiger partial charge in [0.2, 0.25) is 5.91 Å². The van der Waals surface area contributed by atoms with Crippen molar-refractivity contribution < 1.29 is 17.9 Å². The standard InChI is InChI=1S/C24H31N3O4S2/c1-6-26(7-2)12-13-27(24-25-23-18(4)14-17(3)15-21(23)32-24)22(28)16-33(29,30)20-10-8-19(31-5)9-11-20/h8-11,14-15H,6-7,12-13,16H2,1-5H3. The van der Waals surface area contributed by atoms with E-state index in [2.05, 4.69) is 24.8 Å². The van der Waals surface area contributed by atoms with E-state index in [4.69, 9.17) is 9.72 Å². The number of likely N-dealkylation sites (N-methyl/N-ethyl adjacent to an activating group) is 1. The predicted molar refractivity (Wildman–Crippen MR) is 134 cm³/mol. The zero-order valence-electron chi connectivity index (χ0n) is 19.8.